The molecule has 2 aromatic carbocycles. The van der Waals surface area contributed by atoms with Gasteiger partial charge in [-0.3, -0.25) is 0 Å². The predicted octanol–water partition coefficient (Wildman–Crippen LogP) is 4.14. The lowest BCUT2D eigenvalue weighted by molar-refractivity contribution is 0.0595. The van der Waals surface area contributed by atoms with Crippen LogP contribution in [-0.2, 0) is 16.1 Å². The Morgan fingerprint density at radius 3 is 2.89 bits per heavy atom. The van der Waals surface area contributed by atoms with Crippen molar-refractivity contribution in [2.24, 2.45) is 5.92 Å². The third kappa shape index (κ3) is 3.28. The van der Waals surface area contributed by atoms with E-state index >= 15 is 0 Å². The Labute approximate surface area is 165 Å². The lowest BCUT2D eigenvalue weighted by Crippen LogP contribution is -2.21. The fourth-order valence-electron chi connectivity index (χ4n) is 3.26. The Hall–Kier alpha value is -1.84. The predicted molar refractivity (Wildman–Crippen MR) is 98.2 cm³/mol. The Bertz CT molecular complexity index is 942. The maximum atomic E-state index is 14.8. The summed E-state index contributed by atoms with van der Waals surface area (Å²) in [7, 11) is 1.18. The van der Waals surface area contributed by atoms with E-state index < -0.39 is 29.0 Å². The van der Waals surface area contributed by atoms with E-state index in [1.54, 1.807) is 0 Å². The minimum atomic E-state index is -1.96. The van der Waals surface area contributed by atoms with E-state index in [0.717, 1.165) is 18.6 Å². The molecule has 142 valence electrons. The molecule has 1 heterocycles. The monoisotopic (exact) mass is 457 g/mol. The van der Waals surface area contributed by atoms with Crippen molar-refractivity contribution in [3.05, 3.63) is 51.5 Å². The van der Waals surface area contributed by atoms with Gasteiger partial charge in [-0.2, -0.15) is 4.72 Å². The van der Waals surface area contributed by atoms with Crippen molar-refractivity contribution in [1.29, 1.82) is 0 Å². The van der Waals surface area contributed by atoms with Crippen molar-refractivity contribution in [3.63, 3.8) is 0 Å². The summed E-state index contributed by atoms with van der Waals surface area (Å²) >= 11 is 1.17. The van der Waals surface area contributed by atoms with Gasteiger partial charge in [0, 0.05) is 11.5 Å². The van der Waals surface area contributed by atoms with Crippen LogP contribution in [0, 0.1) is 17.6 Å². The summed E-state index contributed by atoms with van der Waals surface area (Å²) in [6.45, 7) is 0.444. The number of esters is 1. The molecule has 2 aliphatic rings. The van der Waals surface area contributed by atoms with Crippen molar-refractivity contribution in [2.75, 3.05) is 18.4 Å². The van der Waals surface area contributed by atoms with Crippen LogP contribution in [-0.4, -0.2) is 24.2 Å². The highest BCUT2D eigenvalue weighted by molar-refractivity contribution is 9.10. The second-order valence-electron chi connectivity index (χ2n) is 6.38. The zero-order chi connectivity index (χ0) is 19.3. The Kier molecular flexibility index (Phi) is 4.77. The van der Waals surface area contributed by atoms with Crippen LogP contribution in [0.5, 0.6) is 5.75 Å². The molecule has 0 bridgehead atoms. The first-order valence-electron chi connectivity index (χ1n) is 8.11. The average Bonchev–Trinajstić information content (AvgIpc) is 3.42. The molecule has 4 rings (SSSR count). The minimum Gasteiger partial charge on any atom is -0.588 e. The molecule has 3 unspecified atom stereocenters. The molecule has 1 fully saturated rings. The zero-order valence-electron chi connectivity index (χ0n) is 14.1. The number of anilines is 1. The van der Waals surface area contributed by atoms with E-state index in [2.05, 4.69) is 20.7 Å². The average molecular weight is 458 g/mol. The standard InChI is InChI=1S/C18H14BrF2NO4S/c1-25-18(23)15-16(22-27(24)14-3-2-9(20)5-12(14)19)13(21)6-11-10-4-8(10)7-26-17(11)15/h2-3,5-6,8,10,22H,4,7H2,1H3. The van der Waals surface area contributed by atoms with E-state index in [1.807, 2.05) is 0 Å². The molecule has 0 spiro atoms. The molecule has 1 aliphatic heterocycles. The smallest absolute Gasteiger partial charge is 0.344 e. The molecule has 1 saturated carbocycles. The van der Waals surface area contributed by atoms with Crippen LogP contribution in [0.4, 0.5) is 14.5 Å². The largest absolute Gasteiger partial charge is 0.588 e. The molecule has 3 atom stereocenters. The highest BCUT2D eigenvalue weighted by atomic mass is 79.9. The van der Waals surface area contributed by atoms with Gasteiger partial charge in [0.1, 0.15) is 34.2 Å². The molecule has 0 amide bonds. The van der Waals surface area contributed by atoms with Gasteiger partial charge in [0.15, 0.2) is 10.7 Å². The van der Waals surface area contributed by atoms with Gasteiger partial charge in [0.05, 0.1) is 18.2 Å². The summed E-state index contributed by atoms with van der Waals surface area (Å²) in [6.07, 6.45) is 0.883. The zero-order valence-corrected chi connectivity index (χ0v) is 16.5. The van der Waals surface area contributed by atoms with Gasteiger partial charge < -0.3 is 14.0 Å². The molecular weight excluding hydrogens is 444 g/mol. The summed E-state index contributed by atoms with van der Waals surface area (Å²) in [6, 6.07) is 4.91. The van der Waals surface area contributed by atoms with E-state index in [0.29, 0.717) is 18.1 Å². The number of benzene rings is 2. The van der Waals surface area contributed by atoms with E-state index in [-0.39, 0.29) is 32.3 Å². The number of hydrogen-bond acceptors (Lipinski definition) is 5. The van der Waals surface area contributed by atoms with Crippen LogP contribution in [0.1, 0.15) is 28.3 Å². The molecule has 2 aromatic rings. The molecule has 27 heavy (non-hydrogen) atoms. The van der Waals surface area contributed by atoms with Gasteiger partial charge in [-0.1, -0.05) is 0 Å². The highest BCUT2D eigenvalue weighted by Crippen LogP contribution is 2.56. The number of rotatable bonds is 4. The van der Waals surface area contributed by atoms with Crippen molar-refractivity contribution in [2.45, 2.75) is 17.2 Å². The lowest BCUT2D eigenvalue weighted by atomic mass is 10.00. The Morgan fingerprint density at radius 2 is 2.19 bits per heavy atom. The maximum Gasteiger partial charge on any atom is 0.344 e. The second kappa shape index (κ2) is 6.96. The quantitative estimate of drug-likeness (QED) is 0.551. The van der Waals surface area contributed by atoms with Crippen LogP contribution in [0.15, 0.2) is 33.6 Å². The van der Waals surface area contributed by atoms with Gasteiger partial charge >= 0.3 is 5.97 Å². The van der Waals surface area contributed by atoms with Crippen LogP contribution in [0.3, 0.4) is 0 Å². The fraction of sp³-hybridized carbons (Fsp3) is 0.278. The number of methoxy groups -OCH3 is 1. The highest BCUT2D eigenvalue weighted by Gasteiger charge is 2.46. The van der Waals surface area contributed by atoms with E-state index in [9.17, 15) is 18.1 Å². The lowest BCUT2D eigenvalue weighted by Gasteiger charge is -2.22. The second-order valence-corrected chi connectivity index (χ2v) is 8.41. The molecule has 1 N–H and O–H groups in total. The first-order chi connectivity index (χ1) is 12.9. The van der Waals surface area contributed by atoms with Gasteiger partial charge in [0.2, 0.25) is 0 Å². The summed E-state index contributed by atoms with van der Waals surface area (Å²) in [5.74, 6) is -1.26. The van der Waals surface area contributed by atoms with Gasteiger partial charge in [-0.05, 0) is 52.5 Å². The van der Waals surface area contributed by atoms with Gasteiger partial charge in [0.25, 0.3) is 0 Å². The number of carbonyl (C=O) groups excluding carboxylic acids is 1. The molecule has 5 nitrogen and oxygen atoms in total. The third-order valence-electron chi connectivity index (χ3n) is 4.70. The van der Waals surface area contributed by atoms with Crippen LogP contribution >= 0.6 is 15.9 Å². The van der Waals surface area contributed by atoms with Crippen LogP contribution < -0.4 is 9.46 Å². The molecule has 0 radical (unpaired) electrons. The normalized spacial score (nSPS) is 20.8. The Balaban J connectivity index is 1.76. The summed E-state index contributed by atoms with van der Waals surface area (Å²) in [4.78, 5) is 12.5. The minimum absolute atomic E-state index is 0.121. The van der Waals surface area contributed by atoms with Crippen molar-refractivity contribution >= 4 is 38.9 Å². The number of carbonyl (C=O) groups is 1. The first-order valence-corrected chi connectivity index (χ1v) is 10.1. The summed E-state index contributed by atoms with van der Waals surface area (Å²) < 4.78 is 54.0. The van der Waals surface area contributed by atoms with Crippen molar-refractivity contribution in [1.82, 2.24) is 0 Å². The molecule has 1 aliphatic carbocycles. The summed E-state index contributed by atoms with van der Waals surface area (Å²) in [5.41, 5.74) is 0.238. The summed E-state index contributed by atoms with van der Waals surface area (Å²) in [5, 5.41) is 0. The van der Waals surface area contributed by atoms with E-state index in [4.69, 9.17) is 9.47 Å². The number of fused-ring (bicyclic) bond motifs is 3. The number of hydrogen-bond donors (Lipinski definition) is 1. The third-order valence-corrected chi connectivity index (χ3v) is 6.77. The Morgan fingerprint density at radius 1 is 1.41 bits per heavy atom. The number of ether oxygens (including phenoxy) is 2. The number of halogens is 3. The topological polar surface area (TPSA) is 70.6 Å². The van der Waals surface area contributed by atoms with Crippen LogP contribution in [0.25, 0.3) is 0 Å². The van der Waals surface area contributed by atoms with Gasteiger partial charge in [-0.25, -0.2) is 13.6 Å². The van der Waals surface area contributed by atoms with Crippen molar-refractivity contribution < 1.29 is 27.6 Å². The molecule has 9 heteroatoms. The van der Waals surface area contributed by atoms with Gasteiger partial charge in [-0.15, -0.1) is 0 Å². The number of nitrogens with one attached hydrogen (secondary N) is 1. The first kappa shape index (κ1) is 18.5. The van der Waals surface area contributed by atoms with Crippen molar-refractivity contribution in [3.8, 4) is 5.75 Å². The molecule has 0 aromatic heterocycles. The molecular formula is C18H14BrF2NO4S. The maximum absolute atomic E-state index is 14.8. The van der Waals surface area contributed by atoms with E-state index in [1.165, 1.54) is 19.2 Å². The SMILES string of the molecule is COC(=O)c1c(N[S+]([O-])c2ccc(F)cc2Br)c(F)cc2c1OCC1CC21. The molecule has 0 saturated heterocycles. The fourth-order valence-corrected chi connectivity index (χ4v) is 4.97. The van der Waals surface area contributed by atoms with Crippen LogP contribution in [0.2, 0.25) is 0 Å².